The van der Waals surface area contributed by atoms with Gasteiger partial charge in [0, 0.05) is 16.5 Å². The topological polar surface area (TPSA) is 46.2 Å². The van der Waals surface area contributed by atoms with E-state index in [4.69, 9.17) is 5.73 Å². The van der Waals surface area contributed by atoms with Crippen LogP contribution in [0, 0.1) is 18.6 Å². The lowest BCUT2D eigenvalue weighted by Gasteiger charge is -2.07. The van der Waals surface area contributed by atoms with Crippen LogP contribution in [0.25, 0.3) is 16.9 Å². The number of halogens is 2. The van der Waals surface area contributed by atoms with Crippen molar-refractivity contribution in [2.45, 2.75) is 6.92 Å². The Morgan fingerprint density at radius 2 is 1.94 bits per heavy atom. The van der Waals surface area contributed by atoms with Crippen LogP contribution in [0.2, 0.25) is 0 Å². The standard InChI is InChI=1S/C13H11F2NOS/c1-6-3-4-8(12(15)11(6)14)9-5-18-13(16)10(9)7(2)17/h3-5,17H,2,16H2,1H3. The molecule has 0 aliphatic rings. The summed E-state index contributed by atoms with van der Waals surface area (Å²) in [6.45, 7) is 4.86. The quantitative estimate of drug-likeness (QED) is 0.804. The van der Waals surface area contributed by atoms with Gasteiger partial charge in [-0.2, -0.15) is 0 Å². The molecule has 0 atom stereocenters. The molecule has 0 bridgehead atoms. The zero-order valence-electron chi connectivity index (χ0n) is 9.63. The Kier molecular flexibility index (Phi) is 3.09. The van der Waals surface area contributed by atoms with Crippen LogP contribution in [0.3, 0.4) is 0 Å². The molecule has 0 unspecified atom stereocenters. The monoisotopic (exact) mass is 267 g/mol. The van der Waals surface area contributed by atoms with Crippen molar-refractivity contribution in [2.75, 3.05) is 5.73 Å². The Labute approximate surface area is 107 Å². The number of aliphatic hydroxyl groups is 1. The lowest BCUT2D eigenvalue weighted by molar-refractivity contribution is 0.505. The molecule has 1 heterocycles. The fraction of sp³-hybridized carbons (Fsp3) is 0.0769. The number of hydrogen-bond acceptors (Lipinski definition) is 3. The first-order valence-electron chi connectivity index (χ1n) is 5.13. The van der Waals surface area contributed by atoms with Crippen molar-refractivity contribution < 1.29 is 13.9 Å². The summed E-state index contributed by atoms with van der Waals surface area (Å²) in [7, 11) is 0. The molecule has 94 valence electrons. The van der Waals surface area contributed by atoms with Gasteiger partial charge in [0.25, 0.3) is 0 Å². The number of benzene rings is 1. The number of rotatable bonds is 2. The second-order valence-electron chi connectivity index (χ2n) is 3.89. The highest BCUT2D eigenvalue weighted by atomic mass is 32.1. The number of aliphatic hydroxyl groups excluding tert-OH is 1. The van der Waals surface area contributed by atoms with Crippen molar-refractivity contribution in [3.63, 3.8) is 0 Å². The fourth-order valence-electron chi connectivity index (χ4n) is 1.72. The largest absolute Gasteiger partial charge is 0.508 e. The van der Waals surface area contributed by atoms with Crippen LogP contribution in [0.1, 0.15) is 11.1 Å². The van der Waals surface area contributed by atoms with Crippen LogP contribution in [0.5, 0.6) is 0 Å². The van der Waals surface area contributed by atoms with Gasteiger partial charge in [-0.25, -0.2) is 8.78 Å². The minimum Gasteiger partial charge on any atom is -0.508 e. The highest BCUT2D eigenvalue weighted by Gasteiger charge is 2.19. The van der Waals surface area contributed by atoms with Gasteiger partial charge >= 0.3 is 0 Å². The van der Waals surface area contributed by atoms with Crippen molar-refractivity contribution in [3.05, 3.63) is 46.9 Å². The molecular weight excluding hydrogens is 256 g/mol. The SMILES string of the molecule is C=C(O)c1c(-c2ccc(C)c(F)c2F)csc1N. The number of anilines is 1. The smallest absolute Gasteiger partial charge is 0.166 e. The van der Waals surface area contributed by atoms with E-state index >= 15 is 0 Å². The molecule has 2 nitrogen and oxygen atoms in total. The molecule has 1 aromatic heterocycles. The van der Waals surface area contributed by atoms with E-state index < -0.39 is 11.6 Å². The summed E-state index contributed by atoms with van der Waals surface area (Å²) in [5.41, 5.74) is 6.57. The number of thiophene rings is 1. The zero-order valence-corrected chi connectivity index (χ0v) is 10.4. The van der Waals surface area contributed by atoms with Gasteiger partial charge in [0.15, 0.2) is 11.6 Å². The summed E-state index contributed by atoms with van der Waals surface area (Å²) in [6.07, 6.45) is 0. The number of hydrogen-bond donors (Lipinski definition) is 2. The first-order valence-corrected chi connectivity index (χ1v) is 6.01. The average molecular weight is 267 g/mol. The molecule has 0 fully saturated rings. The molecule has 0 saturated carbocycles. The van der Waals surface area contributed by atoms with Crippen molar-refractivity contribution >= 4 is 22.1 Å². The molecule has 2 aromatic rings. The van der Waals surface area contributed by atoms with Gasteiger partial charge in [0.2, 0.25) is 0 Å². The molecule has 3 N–H and O–H groups in total. The molecule has 0 radical (unpaired) electrons. The van der Waals surface area contributed by atoms with Gasteiger partial charge in [0.1, 0.15) is 5.76 Å². The Morgan fingerprint density at radius 1 is 1.28 bits per heavy atom. The van der Waals surface area contributed by atoms with Crippen molar-refractivity contribution in [3.8, 4) is 11.1 Å². The van der Waals surface area contributed by atoms with Crippen molar-refractivity contribution in [1.29, 1.82) is 0 Å². The predicted molar refractivity (Wildman–Crippen MR) is 70.5 cm³/mol. The van der Waals surface area contributed by atoms with E-state index in [0.29, 0.717) is 10.6 Å². The van der Waals surface area contributed by atoms with Crippen LogP contribution >= 0.6 is 11.3 Å². The molecule has 0 aliphatic carbocycles. The maximum absolute atomic E-state index is 13.9. The Balaban J connectivity index is 2.71. The molecule has 1 aromatic carbocycles. The van der Waals surface area contributed by atoms with E-state index in [1.807, 2.05) is 0 Å². The van der Waals surface area contributed by atoms with E-state index in [2.05, 4.69) is 6.58 Å². The molecule has 5 heteroatoms. The number of nitrogen functional groups attached to an aromatic ring is 1. The van der Waals surface area contributed by atoms with Crippen LogP contribution in [-0.2, 0) is 0 Å². The predicted octanol–water partition coefficient (Wildman–Crippen LogP) is 4.11. The van der Waals surface area contributed by atoms with E-state index in [0.717, 1.165) is 11.3 Å². The lowest BCUT2D eigenvalue weighted by Crippen LogP contribution is -1.95. The Morgan fingerprint density at radius 3 is 2.56 bits per heavy atom. The molecule has 0 saturated heterocycles. The first-order chi connectivity index (χ1) is 8.43. The minimum atomic E-state index is -0.949. The number of aryl methyl sites for hydroxylation is 1. The fourth-order valence-corrected chi connectivity index (χ4v) is 2.56. The summed E-state index contributed by atoms with van der Waals surface area (Å²) in [5, 5.41) is 11.4. The van der Waals surface area contributed by atoms with Gasteiger partial charge in [-0.05, 0) is 12.5 Å². The molecule has 2 rings (SSSR count). The second-order valence-corrected chi connectivity index (χ2v) is 4.80. The normalized spacial score (nSPS) is 10.6. The van der Waals surface area contributed by atoms with Gasteiger partial charge in [-0.3, -0.25) is 0 Å². The molecule has 0 amide bonds. The summed E-state index contributed by atoms with van der Waals surface area (Å²) < 4.78 is 27.4. The van der Waals surface area contributed by atoms with E-state index in [1.165, 1.54) is 19.1 Å². The second kappa shape index (κ2) is 4.42. The minimum absolute atomic E-state index is 0.0660. The van der Waals surface area contributed by atoms with Crippen molar-refractivity contribution in [2.24, 2.45) is 0 Å². The van der Waals surface area contributed by atoms with Crippen LogP contribution in [-0.4, -0.2) is 5.11 Å². The van der Waals surface area contributed by atoms with E-state index in [9.17, 15) is 13.9 Å². The van der Waals surface area contributed by atoms with Gasteiger partial charge in [-0.15, -0.1) is 11.3 Å². The summed E-state index contributed by atoms with van der Waals surface area (Å²) in [4.78, 5) is 0. The summed E-state index contributed by atoms with van der Waals surface area (Å²) in [6, 6.07) is 2.94. The maximum Gasteiger partial charge on any atom is 0.166 e. The third kappa shape index (κ3) is 1.86. The maximum atomic E-state index is 13.9. The molecule has 0 aliphatic heterocycles. The van der Waals surface area contributed by atoms with Crippen molar-refractivity contribution in [1.82, 2.24) is 0 Å². The van der Waals surface area contributed by atoms with Gasteiger partial charge < -0.3 is 10.8 Å². The van der Waals surface area contributed by atoms with Crippen LogP contribution in [0.15, 0.2) is 24.1 Å². The number of nitrogens with two attached hydrogens (primary N) is 1. The average Bonchev–Trinajstić information content (AvgIpc) is 2.68. The highest BCUT2D eigenvalue weighted by Crippen LogP contribution is 2.38. The third-order valence-corrected chi connectivity index (χ3v) is 3.49. The third-order valence-electron chi connectivity index (χ3n) is 2.67. The van der Waals surface area contributed by atoms with Gasteiger partial charge in [-0.1, -0.05) is 18.7 Å². The van der Waals surface area contributed by atoms with E-state index in [1.54, 1.807) is 5.38 Å². The zero-order chi connectivity index (χ0) is 13.4. The van der Waals surface area contributed by atoms with Crippen LogP contribution < -0.4 is 5.73 Å². The lowest BCUT2D eigenvalue weighted by atomic mass is 10.0. The molecule has 18 heavy (non-hydrogen) atoms. The van der Waals surface area contributed by atoms with Crippen LogP contribution in [0.4, 0.5) is 13.8 Å². The summed E-state index contributed by atoms with van der Waals surface area (Å²) in [5.74, 6) is -2.11. The van der Waals surface area contributed by atoms with E-state index in [-0.39, 0.29) is 22.4 Å². The highest BCUT2D eigenvalue weighted by molar-refractivity contribution is 7.14. The summed E-state index contributed by atoms with van der Waals surface area (Å²) >= 11 is 1.14. The Bertz CT molecular complexity index is 634. The molecular formula is C13H11F2NOS. The first kappa shape index (κ1) is 12.6. The molecule has 0 spiro atoms. The van der Waals surface area contributed by atoms with Gasteiger partial charge in [0.05, 0.1) is 10.6 Å². The Hall–Kier alpha value is -1.88.